The Morgan fingerprint density at radius 1 is 0.857 bits per heavy atom. The number of piperidine rings is 1. The molecule has 0 atom stereocenters. The normalized spacial score (nSPS) is 14.4. The highest BCUT2D eigenvalue weighted by atomic mass is 16.6. The first-order chi connectivity index (χ1) is 13.6. The van der Waals surface area contributed by atoms with Crippen LogP contribution in [0.25, 0.3) is 0 Å². The standard InChI is InChI=1S/C22H23NO5/c24-20(19-9-5-2-6-10-19)21(25)27-15-18-11-13-23(14-12-18)22(26)28-16-17-7-3-1-4-8-17/h1-10,18H,11-16H2. The smallest absolute Gasteiger partial charge is 0.410 e. The van der Waals surface area contributed by atoms with E-state index in [1.807, 2.05) is 30.3 Å². The van der Waals surface area contributed by atoms with E-state index < -0.39 is 11.8 Å². The van der Waals surface area contributed by atoms with Gasteiger partial charge in [0.1, 0.15) is 6.61 Å². The van der Waals surface area contributed by atoms with Gasteiger partial charge in [-0.15, -0.1) is 0 Å². The number of hydrogen-bond donors (Lipinski definition) is 0. The van der Waals surface area contributed by atoms with Gasteiger partial charge in [0.25, 0.3) is 5.78 Å². The van der Waals surface area contributed by atoms with E-state index in [1.165, 1.54) is 0 Å². The zero-order valence-corrected chi connectivity index (χ0v) is 15.6. The van der Waals surface area contributed by atoms with Crippen molar-refractivity contribution >= 4 is 17.8 Å². The zero-order valence-electron chi connectivity index (χ0n) is 15.6. The van der Waals surface area contributed by atoms with E-state index in [2.05, 4.69) is 0 Å². The number of carbonyl (C=O) groups is 3. The first-order valence-electron chi connectivity index (χ1n) is 9.35. The van der Waals surface area contributed by atoms with E-state index >= 15 is 0 Å². The fourth-order valence-corrected chi connectivity index (χ4v) is 3.06. The largest absolute Gasteiger partial charge is 0.459 e. The lowest BCUT2D eigenvalue weighted by Gasteiger charge is -2.30. The fraction of sp³-hybridized carbons (Fsp3) is 0.318. The third kappa shape index (κ3) is 5.42. The molecule has 1 aliphatic rings. The van der Waals surface area contributed by atoms with Crippen molar-refractivity contribution in [3.05, 3.63) is 71.8 Å². The lowest BCUT2D eigenvalue weighted by Crippen LogP contribution is -2.40. The molecule has 1 saturated heterocycles. The highest BCUT2D eigenvalue weighted by Crippen LogP contribution is 2.19. The van der Waals surface area contributed by atoms with Crippen molar-refractivity contribution in [3.8, 4) is 0 Å². The molecule has 1 fully saturated rings. The van der Waals surface area contributed by atoms with E-state index in [0.29, 0.717) is 31.5 Å². The maximum Gasteiger partial charge on any atom is 0.410 e. The number of benzene rings is 2. The first-order valence-corrected chi connectivity index (χ1v) is 9.35. The summed E-state index contributed by atoms with van der Waals surface area (Å²) < 4.78 is 10.5. The van der Waals surface area contributed by atoms with Crippen LogP contribution >= 0.6 is 0 Å². The molecule has 2 aromatic rings. The predicted octanol–water partition coefficient (Wildman–Crippen LogP) is 3.46. The van der Waals surface area contributed by atoms with Crippen molar-refractivity contribution in [1.29, 1.82) is 0 Å². The molecular weight excluding hydrogens is 358 g/mol. The summed E-state index contributed by atoms with van der Waals surface area (Å²) in [6.07, 6.45) is 1.07. The van der Waals surface area contributed by atoms with Crippen LogP contribution in [0, 0.1) is 5.92 Å². The van der Waals surface area contributed by atoms with E-state index in [1.54, 1.807) is 35.2 Å². The van der Waals surface area contributed by atoms with Gasteiger partial charge in [0.05, 0.1) is 6.61 Å². The summed E-state index contributed by atoms with van der Waals surface area (Å²) in [5.74, 6) is -1.34. The predicted molar refractivity (Wildman–Crippen MR) is 103 cm³/mol. The number of ketones is 1. The molecule has 0 bridgehead atoms. The Bertz CT molecular complexity index is 798. The van der Waals surface area contributed by atoms with Crippen LogP contribution in [0.3, 0.4) is 0 Å². The second kappa shape index (κ2) is 9.69. The van der Waals surface area contributed by atoms with Crippen LogP contribution in [-0.2, 0) is 20.9 Å². The van der Waals surface area contributed by atoms with Crippen molar-refractivity contribution < 1.29 is 23.9 Å². The highest BCUT2D eigenvalue weighted by molar-refractivity contribution is 6.40. The molecule has 1 aliphatic heterocycles. The second-order valence-corrected chi connectivity index (χ2v) is 6.76. The summed E-state index contributed by atoms with van der Waals surface area (Å²) in [5, 5.41) is 0. The van der Waals surface area contributed by atoms with Crippen LogP contribution < -0.4 is 0 Å². The Morgan fingerprint density at radius 2 is 1.46 bits per heavy atom. The molecule has 0 radical (unpaired) electrons. The van der Waals surface area contributed by atoms with E-state index in [0.717, 1.165) is 5.56 Å². The molecule has 0 saturated carbocycles. The van der Waals surface area contributed by atoms with Crippen molar-refractivity contribution in [1.82, 2.24) is 4.90 Å². The zero-order chi connectivity index (χ0) is 19.8. The summed E-state index contributed by atoms with van der Waals surface area (Å²) in [7, 11) is 0. The number of Topliss-reactive ketones (excluding diaryl/α,β-unsaturated/α-hetero) is 1. The average Bonchev–Trinajstić information content (AvgIpc) is 2.77. The Hall–Kier alpha value is -3.15. The van der Waals surface area contributed by atoms with Gasteiger partial charge in [-0.1, -0.05) is 60.7 Å². The van der Waals surface area contributed by atoms with Gasteiger partial charge in [-0.3, -0.25) is 4.79 Å². The van der Waals surface area contributed by atoms with Gasteiger partial charge in [-0.25, -0.2) is 9.59 Å². The SMILES string of the molecule is O=C(OCC1CCN(C(=O)OCc2ccccc2)CC1)C(=O)c1ccccc1. The van der Waals surface area contributed by atoms with Crippen LogP contribution in [0.2, 0.25) is 0 Å². The topological polar surface area (TPSA) is 72.9 Å². The molecule has 0 aliphatic carbocycles. The average molecular weight is 381 g/mol. The van der Waals surface area contributed by atoms with Gasteiger partial charge in [-0.2, -0.15) is 0 Å². The summed E-state index contributed by atoms with van der Waals surface area (Å²) in [6, 6.07) is 17.9. The van der Waals surface area contributed by atoms with Crippen LogP contribution in [0.4, 0.5) is 4.79 Å². The van der Waals surface area contributed by atoms with Gasteiger partial charge in [0.15, 0.2) is 0 Å². The Labute approximate surface area is 164 Å². The number of hydrogen-bond acceptors (Lipinski definition) is 5. The number of carbonyl (C=O) groups excluding carboxylic acids is 3. The molecular formula is C22H23NO5. The Kier molecular flexibility index (Phi) is 6.78. The van der Waals surface area contributed by atoms with Crippen LogP contribution in [-0.4, -0.2) is 42.4 Å². The minimum Gasteiger partial charge on any atom is -0.459 e. The number of likely N-dealkylation sites (tertiary alicyclic amines) is 1. The maximum absolute atomic E-state index is 12.2. The molecule has 146 valence electrons. The number of esters is 1. The molecule has 0 N–H and O–H groups in total. The third-order valence-electron chi connectivity index (χ3n) is 4.75. The van der Waals surface area contributed by atoms with Gasteiger partial charge in [0, 0.05) is 18.7 Å². The second-order valence-electron chi connectivity index (χ2n) is 6.76. The summed E-state index contributed by atoms with van der Waals surface area (Å²) in [5.41, 5.74) is 1.27. The minimum absolute atomic E-state index is 0.130. The van der Waals surface area contributed by atoms with Gasteiger partial charge in [0.2, 0.25) is 0 Å². The highest BCUT2D eigenvalue weighted by Gasteiger charge is 2.26. The lowest BCUT2D eigenvalue weighted by atomic mass is 9.98. The van der Waals surface area contributed by atoms with Crippen LogP contribution in [0.1, 0.15) is 28.8 Å². The number of amides is 1. The molecule has 2 aromatic carbocycles. The molecule has 6 heteroatoms. The van der Waals surface area contributed by atoms with Gasteiger partial charge in [-0.05, 0) is 24.3 Å². The van der Waals surface area contributed by atoms with Gasteiger partial charge < -0.3 is 14.4 Å². The minimum atomic E-state index is -0.837. The van der Waals surface area contributed by atoms with Crippen molar-refractivity contribution in [2.75, 3.05) is 19.7 Å². The quantitative estimate of drug-likeness (QED) is 0.435. The van der Waals surface area contributed by atoms with E-state index in [4.69, 9.17) is 9.47 Å². The van der Waals surface area contributed by atoms with Crippen molar-refractivity contribution in [3.63, 3.8) is 0 Å². The van der Waals surface area contributed by atoms with Crippen molar-refractivity contribution in [2.45, 2.75) is 19.4 Å². The maximum atomic E-state index is 12.2. The van der Waals surface area contributed by atoms with Crippen LogP contribution in [0.15, 0.2) is 60.7 Å². The molecule has 1 heterocycles. The molecule has 0 unspecified atom stereocenters. The molecule has 6 nitrogen and oxygen atoms in total. The summed E-state index contributed by atoms with van der Waals surface area (Å²) >= 11 is 0. The van der Waals surface area contributed by atoms with E-state index in [9.17, 15) is 14.4 Å². The monoisotopic (exact) mass is 381 g/mol. The Balaban J connectivity index is 1.37. The summed E-state index contributed by atoms with van der Waals surface area (Å²) in [6.45, 7) is 1.52. The number of rotatable bonds is 6. The van der Waals surface area contributed by atoms with Gasteiger partial charge >= 0.3 is 12.1 Å². The molecule has 3 rings (SSSR count). The van der Waals surface area contributed by atoms with E-state index in [-0.39, 0.29) is 25.2 Å². The number of ether oxygens (including phenoxy) is 2. The third-order valence-corrected chi connectivity index (χ3v) is 4.75. The van der Waals surface area contributed by atoms with Crippen molar-refractivity contribution in [2.24, 2.45) is 5.92 Å². The first kappa shape index (κ1) is 19.6. The Morgan fingerprint density at radius 3 is 2.11 bits per heavy atom. The van der Waals surface area contributed by atoms with Crippen LogP contribution in [0.5, 0.6) is 0 Å². The fourth-order valence-electron chi connectivity index (χ4n) is 3.06. The molecule has 1 amide bonds. The number of nitrogens with zero attached hydrogens (tertiary/aromatic N) is 1. The summed E-state index contributed by atoms with van der Waals surface area (Å²) in [4.78, 5) is 37.8. The molecule has 0 aromatic heterocycles. The lowest BCUT2D eigenvalue weighted by molar-refractivity contribution is -0.139. The molecule has 0 spiro atoms. The molecule has 28 heavy (non-hydrogen) atoms.